The van der Waals surface area contributed by atoms with Crippen molar-refractivity contribution in [1.82, 2.24) is 4.90 Å². The van der Waals surface area contributed by atoms with E-state index in [1.807, 2.05) is 24.3 Å². The van der Waals surface area contributed by atoms with Gasteiger partial charge in [-0.2, -0.15) is 0 Å². The highest BCUT2D eigenvalue weighted by atomic mass is 19.1. The number of halogens is 2. The third-order valence-corrected chi connectivity index (χ3v) is 6.48. The van der Waals surface area contributed by atoms with E-state index in [1.165, 1.54) is 6.07 Å². The van der Waals surface area contributed by atoms with E-state index in [9.17, 15) is 0 Å². The molecule has 0 bridgehead atoms. The van der Waals surface area contributed by atoms with Gasteiger partial charge in [0.1, 0.15) is 5.82 Å². The lowest BCUT2D eigenvalue weighted by Crippen LogP contribution is -2.31. The third kappa shape index (κ3) is 4.81. The Hall–Kier alpha value is -3.29. The molecule has 0 aromatic heterocycles. The second-order valence-electron chi connectivity index (χ2n) is 9.02. The van der Waals surface area contributed by atoms with Gasteiger partial charge < -0.3 is 26.3 Å². The van der Waals surface area contributed by atoms with Crippen molar-refractivity contribution in [3.63, 3.8) is 0 Å². The van der Waals surface area contributed by atoms with E-state index in [4.69, 9.17) is 11.1 Å². The average molecular weight is 464 g/mol. The lowest BCUT2D eigenvalue weighted by atomic mass is 9.98. The van der Waals surface area contributed by atoms with Crippen LogP contribution in [0.3, 0.4) is 0 Å². The first-order chi connectivity index (χ1) is 16.3. The van der Waals surface area contributed by atoms with Gasteiger partial charge in [0.2, 0.25) is 0 Å². The smallest absolute Gasteiger partial charge is 0.155 e. The Labute approximate surface area is 199 Å². The summed E-state index contributed by atoms with van der Waals surface area (Å²) in [5.41, 5.74) is 9.21. The highest BCUT2D eigenvalue weighted by Gasteiger charge is 2.25. The quantitative estimate of drug-likeness (QED) is 0.413. The lowest BCUT2D eigenvalue weighted by molar-refractivity contribution is 0.315. The summed E-state index contributed by atoms with van der Waals surface area (Å²) in [6, 6.07) is 16.0. The summed E-state index contributed by atoms with van der Waals surface area (Å²) in [5, 5.41) is 11.2. The van der Waals surface area contributed by atoms with Gasteiger partial charge in [0, 0.05) is 59.5 Å². The second-order valence-corrected chi connectivity index (χ2v) is 9.02. The summed E-state index contributed by atoms with van der Waals surface area (Å²) in [5.74, 6) is -1.07. The van der Waals surface area contributed by atoms with Crippen molar-refractivity contribution < 1.29 is 8.78 Å². The fraction of sp³-hybridized carbons (Fsp3) is 0.296. The van der Waals surface area contributed by atoms with Gasteiger partial charge in [0.05, 0.1) is 5.69 Å². The molecule has 0 spiro atoms. The number of nitrogens with zero attached hydrogens (tertiary/aromatic N) is 2. The number of rotatable bonds is 7. The highest BCUT2D eigenvalue weighted by molar-refractivity contribution is 6.03. The van der Waals surface area contributed by atoms with Gasteiger partial charge in [-0.3, -0.25) is 0 Å². The molecule has 0 radical (unpaired) electrons. The van der Waals surface area contributed by atoms with Crippen LogP contribution in [0.15, 0.2) is 54.6 Å². The molecule has 0 amide bonds. The summed E-state index contributed by atoms with van der Waals surface area (Å²) < 4.78 is 31.1. The van der Waals surface area contributed by atoms with Gasteiger partial charge in [0.25, 0.3) is 0 Å². The number of nitrogens with two attached hydrogens (primary N) is 1. The maximum Gasteiger partial charge on any atom is 0.155 e. The molecular weight excluding hydrogens is 432 g/mol. The largest absolute Gasteiger partial charge is 0.370 e. The van der Waals surface area contributed by atoms with E-state index >= 15 is 8.78 Å². The Balaban J connectivity index is 1.69. The number of likely N-dealkylation sites (N-methyl/N-ethyl adjacent to an activating group) is 1. The fourth-order valence-electron chi connectivity index (χ4n) is 4.46. The zero-order chi connectivity index (χ0) is 24.4. The molecule has 1 heterocycles. The van der Waals surface area contributed by atoms with Gasteiger partial charge in [-0.05, 0) is 63.3 Å². The van der Waals surface area contributed by atoms with Crippen LogP contribution in [0, 0.1) is 17.0 Å². The molecule has 178 valence electrons. The van der Waals surface area contributed by atoms with Crippen LogP contribution in [0.4, 0.5) is 25.8 Å². The maximum atomic E-state index is 15.8. The van der Waals surface area contributed by atoms with Crippen molar-refractivity contribution in [1.29, 1.82) is 5.41 Å². The van der Waals surface area contributed by atoms with Crippen LogP contribution in [0.25, 0.3) is 11.1 Å². The molecule has 3 aromatic carbocycles. The van der Waals surface area contributed by atoms with E-state index in [0.717, 1.165) is 30.8 Å². The van der Waals surface area contributed by atoms with Crippen LogP contribution in [0.1, 0.15) is 24.5 Å². The van der Waals surface area contributed by atoms with Crippen LogP contribution in [0.5, 0.6) is 0 Å². The molecule has 7 heteroatoms. The summed E-state index contributed by atoms with van der Waals surface area (Å²) in [6.45, 7) is 3.66. The van der Waals surface area contributed by atoms with Gasteiger partial charge in [-0.25, -0.2) is 8.78 Å². The summed E-state index contributed by atoms with van der Waals surface area (Å²) in [6.07, 6.45) is 1.02. The Morgan fingerprint density at radius 1 is 1.12 bits per heavy atom. The fourth-order valence-corrected chi connectivity index (χ4v) is 4.46. The average Bonchev–Trinajstić information content (AvgIpc) is 3.31. The molecule has 0 saturated carbocycles. The molecule has 5 nitrogen and oxygen atoms in total. The van der Waals surface area contributed by atoms with Crippen molar-refractivity contribution in [2.24, 2.45) is 5.73 Å². The van der Waals surface area contributed by atoms with Gasteiger partial charge in [-0.1, -0.05) is 24.3 Å². The standard InChI is InChI=1S/C27H31F2N5/c1-17(31)22-9-10-24(26(29)27(22)32-19-6-4-5-18(13-19)15-30)23-8-7-20(14-25(23)28)34-12-11-21(16-34)33(2)3/h4-10,13-14,21,31-32H,11-12,15-16,30H2,1-3H3. The zero-order valence-electron chi connectivity index (χ0n) is 19.8. The van der Waals surface area contributed by atoms with Crippen LogP contribution in [0.2, 0.25) is 0 Å². The molecule has 1 atom stereocenters. The molecule has 1 aliphatic heterocycles. The predicted molar refractivity (Wildman–Crippen MR) is 136 cm³/mol. The topological polar surface area (TPSA) is 68.4 Å². The monoisotopic (exact) mass is 463 g/mol. The van der Waals surface area contributed by atoms with E-state index in [-0.39, 0.29) is 22.5 Å². The first kappa shape index (κ1) is 23.9. The van der Waals surface area contributed by atoms with Crippen LogP contribution in [-0.2, 0) is 6.54 Å². The Kier molecular flexibility index (Phi) is 6.95. The minimum Gasteiger partial charge on any atom is -0.370 e. The van der Waals surface area contributed by atoms with Crippen molar-refractivity contribution in [3.05, 3.63) is 77.4 Å². The Bertz CT molecular complexity index is 1210. The van der Waals surface area contributed by atoms with E-state index in [1.54, 1.807) is 31.2 Å². The summed E-state index contributed by atoms with van der Waals surface area (Å²) in [4.78, 5) is 4.34. The van der Waals surface area contributed by atoms with Crippen LogP contribution >= 0.6 is 0 Å². The SMILES string of the molecule is CC(=N)c1ccc(-c2ccc(N3CCC(N(C)C)C3)cc2F)c(F)c1Nc1cccc(CN)c1. The van der Waals surface area contributed by atoms with Gasteiger partial charge in [0.15, 0.2) is 5.82 Å². The van der Waals surface area contributed by atoms with Gasteiger partial charge >= 0.3 is 0 Å². The van der Waals surface area contributed by atoms with Gasteiger partial charge in [-0.15, -0.1) is 0 Å². The highest BCUT2D eigenvalue weighted by Crippen LogP contribution is 2.36. The van der Waals surface area contributed by atoms with E-state index < -0.39 is 11.6 Å². The number of benzene rings is 3. The minimum atomic E-state index is -0.595. The number of hydrogen-bond donors (Lipinski definition) is 3. The molecule has 34 heavy (non-hydrogen) atoms. The van der Waals surface area contributed by atoms with Crippen molar-refractivity contribution in [2.45, 2.75) is 25.9 Å². The molecule has 1 saturated heterocycles. The number of hydrogen-bond acceptors (Lipinski definition) is 5. The molecule has 1 aliphatic rings. The zero-order valence-corrected chi connectivity index (χ0v) is 19.8. The summed E-state index contributed by atoms with van der Waals surface area (Å²) in [7, 11) is 4.11. The second kappa shape index (κ2) is 9.91. The normalized spacial score (nSPS) is 15.7. The first-order valence-electron chi connectivity index (χ1n) is 11.4. The first-order valence-corrected chi connectivity index (χ1v) is 11.4. The summed E-state index contributed by atoms with van der Waals surface area (Å²) >= 11 is 0. The Morgan fingerprint density at radius 3 is 2.53 bits per heavy atom. The molecular formula is C27H31F2N5. The van der Waals surface area contributed by atoms with E-state index in [0.29, 0.717) is 23.8 Å². The molecule has 1 unspecified atom stereocenters. The predicted octanol–water partition coefficient (Wildman–Crippen LogP) is 5.36. The molecule has 3 aromatic rings. The van der Waals surface area contributed by atoms with Crippen LogP contribution < -0.4 is 16.0 Å². The van der Waals surface area contributed by atoms with E-state index in [2.05, 4.69) is 29.2 Å². The molecule has 4 rings (SSSR count). The van der Waals surface area contributed by atoms with Crippen molar-refractivity contribution in [3.8, 4) is 11.1 Å². The van der Waals surface area contributed by atoms with Crippen LogP contribution in [-0.4, -0.2) is 43.8 Å². The van der Waals surface area contributed by atoms with Crippen molar-refractivity contribution in [2.75, 3.05) is 37.4 Å². The third-order valence-electron chi connectivity index (χ3n) is 6.48. The molecule has 0 aliphatic carbocycles. The Morgan fingerprint density at radius 2 is 1.88 bits per heavy atom. The van der Waals surface area contributed by atoms with Crippen molar-refractivity contribution >= 4 is 22.8 Å². The maximum absolute atomic E-state index is 15.8. The number of anilines is 3. The number of nitrogens with one attached hydrogen (secondary N) is 2. The molecule has 1 fully saturated rings. The lowest BCUT2D eigenvalue weighted by Gasteiger charge is -2.22. The molecule has 4 N–H and O–H groups in total. The minimum absolute atomic E-state index is 0.149.